The topological polar surface area (TPSA) is 69.2 Å². The second-order valence-electron chi connectivity index (χ2n) is 6.51. The van der Waals surface area contributed by atoms with E-state index in [0.29, 0.717) is 13.0 Å². The number of benzene rings is 1. The van der Waals surface area contributed by atoms with Crippen LogP contribution in [0.1, 0.15) is 26.7 Å². The lowest BCUT2D eigenvalue weighted by molar-refractivity contribution is -0.120. The van der Waals surface area contributed by atoms with Crippen molar-refractivity contribution in [2.24, 2.45) is 4.99 Å². The predicted molar refractivity (Wildman–Crippen MR) is 111 cm³/mol. The molecule has 1 aromatic rings. The van der Waals surface area contributed by atoms with Gasteiger partial charge in [0, 0.05) is 57.4 Å². The number of piperazine rings is 1. The van der Waals surface area contributed by atoms with Crippen molar-refractivity contribution in [2.75, 3.05) is 57.8 Å². The van der Waals surface area contributed by atoms with Crippen molar-refractivity contribution in [2.45, 2.75) is 26.7 Å². The second-order valence-corrected chi connectivity index (χ2v) is 6.51. The average Bonchev–Trinajstić information content (AvgIpc) is 2.72. The summed E-state index contributed by atoms with van der Waals surface area (Å²) in [5, 5.41) is 6.24. The first-order valence-electron chi connectivity index (χ1n) is 9.86. The highest BCUT2D eigenvalue weighted by Gasteiger charge is 2.20. The third-order valence-corrected chi connectivity index (χ3v) is 4.51. The summed E-state index contributed by atoms with van der Waals surface area (Å²) in [5.74, 6) is 1.84. The molecule has 0 bridgehead atoms. The number of hydrogen-bond acceptors (Lipinski definition) is 4. The lowest BCUT2D eigenvalue weighted by atomic mass is 10.2. The van der Waals surface area contributed by atoms with Gasteiger partial charge in [-0.15, -0.1) is 0 Å². The Morgan fingerprint density at radius 2 is 1.96 bits per heavy atom. The van der Waals surface area contributed by atoms with Crippen molar-refractivity contribution < 1.29 is 9.53 Å². The number of aliphatic imine (C=N–C) groups is 1. The Kier molecular flexibility index (Phi) is 8.74. The third kappa shape index (κ3) is 6.66. The van der Waals surface area contributed by atoms with Gasteiger partial charge in [0.05, 0.1) is 13.7 Å². The van der Waals surface area contributed by atoms with Crippen LogP contribution >= 0.6 is 0 Å². The van der Waals surface area contributed by atoms with Gasteiger partial charge in [0.25, 0.3) is 0 Å². The van der Waals surface area contributed by atoms with E-state index in [4.69, 9.17) is 4.74 Å². The van der Waals surface area contributed by atoms with E-state index in [2.05, 4.69) is 44.5 Å². The van der Waals surface area contributed by atoms with Crippen molar-refractivity contribution in [1.29, 1.82) is 0 Å². The molecule has 150 valence electrons. The SMILES string of the molecule is CCCNC(=O)CCN=C(NCC)N1CCN(c2cccc(OC)c2)CC1. The molecule has 2 N–H and O–H groups in total. The van der Waals surface area contributed by atoms with Crippen LogP contribution in [0.4, 0.5) is 5.69 Å². The summed E-state index contributed by atoms with van der Waals surface area (Å²) in [6, 6.07) is 8.18. The van der Waals surface area contributed by atoms with E-state index >= 15 is 0 Å². The van der Waals surface area contributed by atoms with Crippen LogP contribution in [-0.4, -0.2) is 69.7 Å². The van der Waals surface area contributed by atoms with E-state index in [1.165, 1.54) is 5.69 Å². The Morgan fingerprint density at radius 3 is 2.63 bits per heavy atom. The molecule has 2 rings (SSSR count). The summed E-state index contributed by atoms with van der Waals surface area (Å²) in [7, 11) is 1.69. The van der Waals surface area contributed by atoms with Gasteiger partial charge in [-0.05, 0) is 25.5 Å². The van der Waals surface area contributed by atoms with Crippen LogP contribution in [0.15, 0.2) is 29.3 Å². The van der Waals surface area contributed by atoms with E-state index in [1.807, 2.05) is 19.1 Å². The third-order valence-electron chi connectivity index (χ3n) is 4.51. The minimum atomic E-state index is 0.0688. The fourth-order valence-corrected chi connectivity index (χ4v) is 3.03. The lowest BCUT2D eigenvalue weighted by Crippen LogP contribution is -2.52. The Labute approximate surface area is 162 Å². The largest absolute Gasteiger partial charge is 0.497 e. The number of ether oxygens (including phenoxy) is 1. The van der Waals surface area contributed by atoms with Gasteiger partial charge in [-0.1, -0.05) is 13.0 Å². The number of anilines is 1. The summed E-state index contributed by atoms with van der Waals surface area (Å²) in [6.07, 6.45) is 1.38. The molecule has 1 aromatic carbocycles. The highest BCUT2D eigenvalue weighted by atomic mass is 16.5. The van der Waals surface area contributed by atoms with Gasteiger partial charge in [0.1, 0.15) is 5.75 Å². The molecule has 0 saturated carbocycles. The maximum absolute atomic E-state index is 11.7. The van der Waals surface area contributed by atoms with Crippen LogP contribution in [0, 0.1) is 0 Å². The molecule has 0 radical (unpaired) electrons. The number of carbonyl (C=O) groups excluding carboxylic acids is 1. The Bertz CT molecular complexity index is 612. The van der Waals surface area contributed by atoms with Gasteiger partial charge in [0.15, 0.2) is 5.96 Å². The van der Waals surface area contributed by atoms with Crippen molar-refractivity contribution in [3.63, 3.8) is 0 Å². The normalized spacial score (nSPS) is 14.9. The van der Waals surface area contributed by atoms with Crippen molar-refractivity contribution in [3.8, 4) is 5.75 Å². The fourth-order valence-electron chi connectivity index (χ4n) is 3.03. The summed E-state index contributed by atoms with van der Waals surface area (Å²) in [4.78, 5) is 21.0. The molecular weight excluding hydrogens is 342 g/mol. The Morgan fingerprint density at radius 1 is 1.19 bits per heavy atom. The monoisotopic (exact) mass is 375 g/mol. The van der Waals surface area contributed by atoms with Crippen LogP contribution in [0.25, 0.3) is 0 Å². The average molecular weight is 376 g/mol. The number of guanidine groups is 1. The Balaban J connectivity index is 1.88. The highest BCUT2D eigenvalue weighted by molar-refractivity contribution is 5.81. The number of carbonyl (C=O) groups is 1. The fraction of sp³-hybridized carbons (Fsp3) is 0.600. The molecule has 0 atom stereocenters. The second kappa shape index (κ2) is 11.3. The van der Waals surface area contributed by atoms with E-state index in [-0.39, 0.29) is 5.91 Å². The number of rotatable bonds is 8. The molecule has 0 aromatic heterocycles. The summed E-state index contributed by atoms with van der Waals surface area (Å²) >= 11 is 0. The van der Waals surface area contributed by atoms with Crippen LogP contribution < -0.4 is 20.3 Å². The minimum absolute atomic E-state index is 0.0688. The first kappa shape index (κ1) is 20.9. The first-order chi connectivity index (χ1) is 13.2. The van der Waals surface area contributed by atoms with Gasteiger partial charge >= 0.3 is 0 Å². The maximum Gasteiger partial charge on any atom is 0.221 e. The summed E-state index contributed by atoms with van der Waals surface area (Å²) < 4.78 is 5.33. The van der Waals surface area contributed by atoms with E-state index in [0.717, 1.165) is 57.4 Å². The number of hydrogen-bond donors (Lipinski definition) is 2. The first-order valence-corrected chi connectivity index (χ1v) is 9.86. The number of nitrogens with zero attached hydrogens (tertiary/aromatic N) is 3. The molecule has 1 amide bonds. The smallest absolute Gasteiger partial charge is 0.221 e. The molecule has 0 unspecified atom stereocenters. The molecular formula is C20H33N5O2. The van der Waals surface area contributed by atoms with E-state index in [1.54, 1.807) is 7.11 Å². The van der Waals surface area contributed by atoms with Crippen LogP contribution in [0.3, 0.4) is 0 Å². The minimum Gasteiger partial charge on any atom is -0.497 e. The predicted octanol–water partition coefficient (Wildman–Crippen LogP) is 1.70. The summed E-state index contributed by atoms with van der Waals surface area (Å²) in [5.41, 5.74) is 1.18. The van der Waals surface area contributed by atoms with Gasteiger partial charge in [-0.2, -0.15) is 0 Å². The molecule has 0 aliphatic carbocycles. The van der Waals surface area contributed by atoms with Crippen molar-refractivity contribution >= 4 is 17.6 Å². The molecule has 1 aliphatic heterocycles. The quantitative estimate of drug-likeness (QED) is 0.535. The van der Waals surface area contributed by atoms with E-state index < -0.39 is 0 Å². The molecule has 1 aliphatic rings. The number of methoxy groups -OCH3 is 1. The summed E-state index contributed by atoms with van der Waals surface area (Å²) in [6.45, 7) is 9.81. The molecule has 7 heteroatoms. The number of nitrogens with one attached hydrogen (secondary N) is 2. The molecule has 0 spiro atoms. The van der Waals surface area contributed by atoms with Crippen LogP contribution in [0.5, 0.6) is 5.75 Å². The van der Waals surface area contributed by atoms with Gasteiger partial charge in [-0.3, -0.25) is 9.79 Å². The van der Waals surface area contributed by atoms with Gasteiger partial charge in [0.2, 0.25) is 5.91 Å². The van der Waals surface area contributed by atoms with Gasteiger partial charge in [-0.25, -0.2) is 0 Å². The number of amides is 1. The van der Waals surface area contributed by atoms with Crippen molar-refractivity contribution in [1.82, 2.24) is 15.5 Å². The lowest BCUT2D eigenvalue weighted by Gasteiger charge is -2.37. The van der Waals surface area contributed by atoms with Crippen LogP contribution in [0.2, 0.25) is 0 Å². The molecule has 1 heterocycles. The molecule has 27 heavy (non-hydrogen) atoms. The zero-order valence-corrected chi connectivity index (χ0v) is 16.8. The zero-order valence-electron chi connectivity index (χ0n) is 16.8. The zero-order chi connectivity index (χ0) is 19.5. The molecule has 1 fully saturated rings. The van der Waals surface area contributed by atoms with Crippen LogP contribution in [-0.2, 0) is 4.79 Å². The highest BCUT2D eigenvalue weighted by Crippen LogP contribution is 2.22. The van der Waals surface area contributed by atoms with Crippen molar-refractivity contribution in [3.05, 3.63) is 24.3 Å². The van der Waals surface area contributed by atoms with Gasteiger partial charge < -0.3 is 25.2 Å². The maximum atomic E-state index is 11.7. The Hall–Kier alpha value is -2.44. The standard InChI is InChI=1S/C20H33N5O2/c1-4-10-22-19(26)9-11-23-20(21-5-2)25-14-12-24(13-15-25)17-7-6-8-18(16-17)27-3/h6-8,16H,4-5,9-15H2,1-3H3,(H,21,23)(H,22,26). The van der Waals surface area contributed by atoms with E-state index in [9.17, 15) is 4.79 Å². The molecule has 1 saturated heterocycles. The molecule has 7 nitrogen and oxygen atoms in total.